The number of amides is 1. The summed E-state index contributed by atoms with van der Waals surface area (Å²) in [6.45, 7) is 1.77. The molecule has 1 amide bonds. The maximum Gasteiger partial charge on any atom is 0.237 e. The minimum atomic E-state index is -0.134. The lowest BCUT2D eigenvalue weighted by Crippen LogP contribution is -2.36. The molecule has 9 heavy (non-hydrogen) atoms. The van der Waals surface area contributed by atoms with Gasteiger partial charge in [-0.2, -0.15) is 0 Å². The van der Waals surface area contributed by atoms with Crippen molar-refractivity contribution in [2.75, 3.05) is 7.05 Å². The van der Waals surface area contributed by atoms with Crippen molar-refractivity contribution in [2.45, 2.75) is 19.4 Å². The maximum absolute atomic E-state index is 10.7. The normalized spacial score (nSPS) is 12.9. The lowest BCUT2D eigenvalue weighted by Gasteiger charge is -2.10. The molecule has 0 aromatic carbocycles. The Labute approximate surface area is 54.8 Å². The zero-order valence-corrected chi connectivity index (χ0v) is 5.79. The molecule has 0 rings (SSSR count). The molecule has 0 radical (unpaired) electrons. The van der Waals surface area contributed by atoms with Crippen LogP contribution in [0.25, 0.3) is 0 Å². The first-order valence-electron chi connectivity index (χ1n) is 2.81. The van der Waals surface area contributed by atoms with Crippen LogP contribution in [0.15, 0.2) is 0 Å². The van der Waals surface area contributed by atoms with Gasteiger partial charge in [0.2, 0.25) is 5.91 Å². The van der Waals surface area contributed by atoms with Gasteiger partial charge in [-0.1, -0.05) is 0 Å². The highest BCUT2D eigenvalue weighted by Gasteiger charge is 2.05. The third-order valence-corrected chi connectivity index (χ3v) is 0.890. The Morgan fingerprint density at radius 3 is 2.33 bits per heavy atom. The van der Waals surface area contributed by atoms with Crippen molar-refractivity contribution in [3.8, 4) is 0 Å². The second-order valence-electron chi connectivity index (χ2n) is 2.19. The summed E-state index contributed by atoms with van der Waals surface area (Å²) in [6.07, 6.45) is 0.312. The summed E-state index contributed by atoms with van der Waals surface area (Å²) >= 11 is 0. The highest BCUT2D eigenvalue weighted by Crippen LogP contribution is 1.87. The van der Waals surface area contributed by atoms with Crippen LogP contribution in [0.1, 0.15) is 13.3 Å². The second-order valence-corrected chi connectivity index (χ2v) is 2.19. The van der Waals surface area contributed by atoms with Crippen LogP contribution < -0.4 is 11.6 Å². The first kappa shape index (κ1) is 8.39. The van der Waals surface area contributed by atoms with E-state index in [1.54, 1.807) is 6.92 Å². The Bertz CT molecular complexity index is 100. The van der Waals surface area contributed by atoms with Gasteiger partial charge in [-0.15, -0.1) is 0 Å². The monoisotopic (exact) mass is 131 g/mol. The molecule has 0 fully saturated rings. The van der Waals surface area contributed by atoms with E-state index in [0.717, 1.165) is 5.01 Å². The molecule has 0 spiro atoms. The van der Waals surface area contributed by atoms with Crippen molar-refractivity contribution in [1.82, 2.24) is 5.01 Å². The molecule has 0 aromatic heterocycles. The number of hydrogen-bond acceptors (Lipinski definition) is 3. The molecule has 0 heterocycles. The molecule has 0 saturated heterocycles. The maximum atomic E-state index is 10.7. The predicted molar refractivity (Wildman–Crippen MR) is 35.2 cm³/mol. The molecule has 0 aliphatic rings. The van der Waals surface area contributed by atoms with Gasteiger partial charge in [0.15, 0.2) is 0 Å². The second kappa shape index (κ2) is 3.42. The van der Waals surface area contributed by atoms with E-state index < -0.39 is 0 Å². The average Bonchev–Trinajstić information content (AvgIpc) is 1.63. The molecule has 4 nitrogen and oxygen atoms in total. The van der Waals surface area contributed by atoms with Gasteiger partial charge < -0.3 is 5.73 Å². The molecule has 0 aromatic rings. The lowest BCUT2D eigenvalue weighted by molar-refractivity contribution is -0.130. The molecule has 1 atom stereocenters. The van der Waals surface area contributed by atoms with Gasteiger partial charge in [-0.25, -0.2) is 5.84 Å². The van der Waals surface area contributed by atoms with Crippen molar-refractivity contribution in [2.24, 2.45) is 11.6 Å². The van der Waals surface area contributed by atoms with Crippen molar-refractivity contribution in [3.63, 3.8) is 0 Å². The van der Waals surface area contributed by atoms with Crippen LogP contribution in [0.2, 0.25) is 0 Å². The summed E-state index contributed by atoms with van der Waals surface area (Å²) in [5.41, 5.74) is 5.33. The smallest absolute Gasteiger partial charge is 0.237 e. The third kappa shape index (κ3) is 3.93. The summed E-state index contributed by atoms with van der Waals surface area (Å²) in [6, 6.07) is -0.108. The molecular weight excluding hydrogens is 118 g/mol. The van der Waals surface area contributed by atoms with E-state index in [0.29, 0.717) is 6.42 Å². The molecule has 0 aliphatic carbocycles. The van der Waals surface area contributed by atoms with E-state index in [9.17, 15) is 4.79 Å². The first-order valence-corrected chi connectivity index (χ1v) is 2.81. The van der Waals surface area contributed by atoms with Crippen molar-refractivity contribution < 1.29 is 4.79 Å². The molecular formula is C5H13N3O. The minimum absolute atomic E-state index is 0.108. The van der Waals surface area contributed by atoms with E-state index in [-0.39, 0.29) is 11.9 Å². The quantitative estimate of drug-likeness (QED) is 0.288. The first-order chi connectivity index (χ1) is 4.04. The third-order valence-electron chi connectivity index (χ3n) is 0.890. The van der Waals surface area contributed by atoms with E-state index in [2.05, 4.69) is 0 Å². The van der Waals surface area contributed by atoms with Crippen molar-refractivity contribution in [3.05, 3.63) is 0 Å². The van der Waals surface area contributed by atoms with Crippen molar-refractivity contribution in [1.29, 1.82) is 0 Å². The molecule has 0 bridgehead atoms. The number of hydrogen-bond donors (Lipinski definition) is 2. The SMILES string of the molecule is CC(N)CC(=O)N(C)N. The van der Waals surface area contributed by atoms with Gasteiger partial charge in [0.1, 0.15) is 0 Å². The van der Waals surface area contributed by atoms with Crippen LogP contribution in [0.4, 0.5) is 0 Å². The zero-order chi connectivity index (χ0) is 7.44. The summed E-state index contributed by atoms with van der Waals surface area (Å²) in [5.74, 6) is 4.98. The molecule has 4 heteroatoms. The van der Waals surface area contributed by atoms with E-state index in [1.807, 2.05) is 0 Å². The highest BCUT2D eigenvalue weighted by atomic mass is 16.2. The summed E-state index contributed by atoms with van der Waals surface area (Å²) in [4.78, 5) is 10.7. The Kier molecular flexibility index (Phi) is 3.19. The van der Waals surface area contributed by atoms with Crippen molar-refractivity contribution >= 4 is 5.91 Å². The number of nitrogens with two attached hydrogens (primary N) is 2. The predicted octanol–water partition coefficient (Wildman–Crippen LogP) is -0.944. The fraction of sp³-hybridized carbons (Fsp3) is 0.800. The molecule has 4 N–H and O–H groups in total. The molecule has 0 aliphatic heterocycles. The van der Waals surface area contributed by atoms with Gasteiger partial charge in [-0.05, 0) is 6.92 Å². The number of rotatable bonds is 2. The van der Waals surface area contributed by atoms with E-state index in [1.165, 1.54) is 7.05 Å². The largest absolute Gasteiger partial charge is 0.327 e. The molecule has 1 unspecified atom stereocenters. The van der Waals surface area contributed by atoms with Crippen LogP contribution in [0.3, 0.4) is 0 Å². The number of hydrazine groups is 1. The van der Waals surface area contributed by atoms with Crippen LogP contribution >= 0.6 is 0 Å². The number of carbonyl (C=O) groups is 1. The lowest BCUT2D eigenvalue weighted by atomic mass is 10.2. The van der Waals surface area contributed by atoms with Gasteiger partial charge >= 0.3 is 0 Å². The Balaban J connectivity index is 3.51. The average molecular weight is 131 g/mol. The van der Waals surface area contributed by atoms with E-state index >= 15 is 0 Å². The fourth-order valence-corrected chi connectivity index (χ4v) is 0.419. The van der Waals surface area contributed by atoms with Gasteiger partial charge in [-0.3, -0.25) is 9.80 Å². The van der Waals surface area contributed by atoms with Gasteiger partial charge in [0, 0.05) is 19.5 Å². The van der Waals surface area contributed by atoms with E-state index in [4.69, 9.17) is 11.6 Å². The van der Waals surface area contributed by atoms with Crippen LogP contribution in [0.5, 0.6) is 0 Å². The molecule has 54 valence electrons. The Hall–Kier alpha value is -0.610. The Morgan fingerprint density at radius 1 is 1.78 bits per heavy atom. The summed E-state index contributed by atoms with van der Waals surface area (Å²) in [5, 5.41) is 1.04. The minimum Gasteiger partial charge on any atom is -0.327 e. The molecule has 0 saturated carbocycles. The summed E-state index contributed by atoms with van der Waals surface area (Å²) in [7, 11) is 1.50. The highest BCUT2D eigenvalue weighted by molar-refractivity contribution is 5.75. The summed E-state index contributed by atoms with van der Waals surface area (Å²) < 4.78 is 0. The fourth-order valence-electron chi connectivity index (χ4n) is 0.419. The van der Waals surface area contributed by atoms with Gasteiger partial charge in [0.05, 0.1) is 0 Å². The van der Waals surface area contributed by atoms with Gasteiger partial charge in [0.25, 0.3) is 0 Å². The topological polar surface area (TPSA) is 72.4 Å². The van der Waals surface area contributed by atoms with Crippen LogP contribution in [-0.2, 0) is 4.79 Å². The zero-order valence-electron chi connectivity index (χ0n) is 5.79. The standard InChI is InChI=1S/C5H13N3O/c1-4(6)3-5(9)8(2)7/h4H,3,6-7H2,1-2H3. The number of carbonyl (C=O) groups excluding carboxylic acids is 1. The van der Waals surface area contributed by atoms with Crippen LogP contribution in [0, 0.1) is 0 Å². The Morgan fingerprint density at radius 2 is 2.22 bits per heavy atom. The number of nitrogens with zero attached hydrogens (tertiary/aromatic N) is 1. The van der Waals surface area contributed by atoms with Crippen LogP contribution in [-0.4, -0.2) is 24.0 Å².